The van der Waals surface area contributed by atoms with Crippen molar-refractivity contribution < 1.29 is 9.47 Å². The van der Waals surface area contributed by atoms with Gasteiger partial charge in [0.25, 0.3) is 0 Å². The first-order valence-electron chi connectivity index (χ1n) is 5.56. The molecule has 0 N–H and O–H groups in total. The Morgan fingerprint density at radius 1 is 0.933 bits per heavy atom. The molecule has 1 saturated carbocycles. The van der Waals surface area contributed by atoms with E-state index in [1.54, 1.807) is 14.2 Å². The van der Waals surface area contributed by atoms with Crippen LogP contribution in [0.25, 0.3) is 0 Å². The lowest BCUT2D eigenvalue weighted by atomic mass is 9.97. The van der Waals surface area contributed by atoms with Crippen molar-refractivity contribution in [1.29, 1.82) is 0 Å². The van der Waals surface area contributed by atoms with Crippen LogP contribution in [-0.2, 0) is 0 Å². The molecular weight excluding hydrogens is 188 g/mol. The summed E-state index contributed by atoms with van der Waals surface area (Å²) < 4.78 is 10.6. The highest BCUT2D eigenvalue weighted by Gasteiger charge is 2.18. The maximum atomic E-state index is 5.28. The molecule has 1 fully saturated rings. The van der Waals surface area contributed by atoms with Crippen LogP contribution in [0.4, 0.5) is 0 Å². The van der Waals surface area contributed by atoms with Gasteiger partial charge in [0, 0.05) is 6.07 Å². The van der Waals surface area contributed by atoms with Crippen molar-refractivity contribution >= 4 is 0 Å². The molecule has 0 saturated heterocycles. The maximum Gasteiger partial charge on any atom is 0.122 e. The molecule has 1 aliphatic rings. The zero-order valence-corrected chi connectivity index (χ0v) is 9.45. The second kappa shape index (κ2) is 4.56. The molecule has 0 bridgehead atoms. The molecular formula is C13H18O2. The van der Waals surface area contributed by atoms with Gasteiger partial charge in [-0.15, -0.1) is 0 Å². The van der Waals surface area contributed by atoms with Gasteiger partial charge in [0.05, 0.1) is 14.2 Å². The van der Waals surface area contributed by atoms with E-state index in [1.807, 2.05) is 6.07 Å². The summed E-state index contributed by atoms with van der Waals surface area (Å²) in [5, 5.41) is 0. The van der Waals surface area contributed by atoms with Crippen molar-refractivity contribution in [3.05, 3.63) is 23.8 Å². The third-order valence-corrected chi connectivity index (χ3v) is 3.20. The molecule has 82 valence electrons. The van der Waals surface area contributed by atoms with Crippen molar-refractivity contribution in [3.63, 3.8) is 0 Å². The number of rotatable bonds is 3. The van der Waals surface area contributed by atoms with Gasteiger partial charge >= 0.3 is 0 Å². The minimum absolute atomic E-state index is 0.703. The molecule has 0 aliphatic heterocycles. The van der Waals surface area contributed by atoms with Crippen molar-refractivity contribution in [1.82, 2.24) is 0 Å². The molecule has 2 heteroatoms. The SMILES string of the molecule is COc1cc(OC)cc(C2CCCC2)c1. The molecule has 0 spiro atoms. The lowest BCUT2D eigenvalue weighted by molar-refractivity contribution is 0.392. The summed E-state index contributed by atoms with van der Waals surface area (Å²) in [5.74, 6) is 2.50. The van der Waals surface area contributed by atoms with Crippen LogP contribution in [0, 0.1) is 0 Å². The Hall–Kier alpha value is -1.18. The molecule has 2 nitrogen and oxygen atoms in total. The number of hydrogen-bond acceptors (Lipinski definition) is 2. The second-order valence-electron chi connectivity index (χ2n) is 4.13. The van der Waals surface area contributed by atoms with E-state index in [1.165, 1.54) is 31.2 Å². The topological polar surface area (TPSA) is 18.5 Å². The molecule has 1 aromatic rings. The van der Waals surface area contributed by atoms with E-state index in [9.17, 15) is 0 Å². The first kappa shape index (κ1) is 10.3. The third-order valence-electron chi connectivity index (χ3n) is 3.20. The molecule has 0 radical (unpaired) electrons. The van der Waals surface area contributed by atoms with E-state index in [-0.39, 0.29) is 0 Å². The average Bonchev–Trinajstić information content (AvgIpc) is 2.81. The zero-order valence-electron chi connectivity index (χ0n) is 9.45. The smallest absolute Gasteiger partial charge is 0.122 e. The van der Waals surface area contributed by atoms with E-state index in [0.717, 1.165) is 11.5 Å². The quantitative estimate of drug-likeness (QED) is 0.755. The van der Waals surface area contributed by atoms with E-state index in [4.69, 9.17) is 9.47 Å². The number of ether oxygens (including phenoxy) is 2. The van der Waals surface area contributed by atoms with E-state index < -0.39 is 0 Å². The van der Waals surface area contributed by atoms with Gasteiger partial charge in [-0.1, -0.05) is 12.8 Å². The number of methoxy groups -OCH3 is 2. The highest BCUT2D eigenvalue weighted by molar-refractivity contribution is 5.40. The van der Waals surface area contributed by atoms with E-state index in [2.05, 4.69) is 12.1 Å². The zero-order chi connectivity index (χ0) is 10.7. The summed E-state index contributed by atoms with van der Waals surface area (Å²) in [6.45, 7) is 0. The van der Waals surface area contributed by atoms with E-state index in [0.29, 0.717) is 5.92 Å². The van der Waals surface area contributed by atoms with Gasteiger partial charge in [-0.25, -0.2) is 0 Å². The monoisotopic (exact) mass is 206 g/mol. The van der Waals surface area contributed by atoms with Crippen molar-refractivity contribution in [2.75, 3.05) is 14.2 Å². The van der Waals surface area contributed by atoms with Gasteiger partial charge in [-0.05, 0) is 36.5 Å². The van der Waals surface area contributed by atoms with Gasteiger partial charge in [0.1, 0.15) is 11.5 Å². The maximum absolute atomic E-state index is 5.28. The van der Waals surface area contributed by atoms with Crippen molar-refractivity contribution in [2.45, 2.75) is 31.6 Å². The predicted octanol–water partition coefficient (Wildman–Crippen LogP) is 3.36. The van der Waals surface area contributed by atoms with Gasteiger partial charge in [-0.3, -0.25) is 0 Å². The predicted molar refractivity (Wildman–Crippen MR) is 60.8 cm³/mol. The Kier molecular flexibility index (Phi) is 3.14. The molecule has 0 atom stereocenters. The lowest BCUT2D eigenvalue weighted by Gasteiger charge is -2.13. The number of benzene rings is 1. The van der Waals surface area contributed by atoms with Crippen molar-refractivity contribution in [3.8, 4) is 11.5 Å². The fourth-order valence-corrected chi connectivity index (χ4v) is 2.32. The van der Waals surface area contributed by atoms with Gasteiger partial charge in [-0.2, -0.15) is 0 Å². The van der Waals surface area contributed by atoms with Gasteiger partial charge in [0.2, 0.25) is 0 Å². The van der Waals surface area contributed by atoms with Gasteiger partial charge in [0.15, 0.2) is 0 Å². The largest absolute Gasteiger partial charge is 0.497 e. The highest BCUT2D eigenvalue weighted by atomic mass is 16.5. The van der Waals surface area contributed by atoms with Crippen LogP contribution in [-0.4, -0.2) is 14.2 Å². The van der Waals surface area contributed by atoms with Crippen LogP contribution in [0.3, 0.4) is 0 Å². The Morgan fingerprint density at radius 3 is 1.93 bits per heavy atom. The minimum atomic E-state index is 0.703. The molecule has 0 aromatic heterocycles. The highest BCUT2D eigenvalue weighted by Crippen LogP contribution is 2.37. The standard InChI is InChI=1S/C13H18O2/c1-14-12-7-11(8-13(9-12)15-2)10-5-3-4-6-10/h7-10H,3-6H2,1-2H3. The molecule has 0 unspecified atom stereocenters. The first-order valence-corrected chi connectivity index (χ1v) is 5.56. The summed E-state index contributed by atoms with van der Waals surface area (Å²) in [5.41, 5.74) is 1.36. The fraction of sp³-hybridized carbons (Fsp3) is 0.538. The summed E-state index contributed by atoms with van der Waals surface area (Å²) in [4.78, 5) is 0. The Bertz CT molecular complexity index is 305. The molecule has 0 amide bonds. The van der Waals surface area contributed by atoms with Crippen LogP contribution in [0.15, 0.2) is 18.2 Å². The van der Waals surface area contributed by atoms with E-state index >= 15 is 0 Å². The normalized spacial score (nSPS) is 16.7. The summed E-state index contributed by atoms with van der Waals surface area (Å²) in [6.07, 6.45) is 5.31. The summed E-state index contributed by atoms with van der Waals surface area (Å²) in [7, 11) is 3.40. The average molecular weight is 206 g/mol. The van der Waals surface area contributed by atoms with Crippen molar-refractivity contribution in [2.24, 2.45) is 0 Å². The fourth-order valence-electron chi connectivity index (χ4n) is 2.32. The molecule has 15 heavy (non-hydrogen) atoms. The summed E-state index contributed by atoms with van der Waals surface area (Å²) in [6, 6.07) is 6.20. The Morgan fingerprint density at radius 2 is 1.47 bits per heavy atom. The summed E-state index contributed by atoms with van der Waals surface area (Å²) >= 11 is 0. The van der Waals surface area contributed by atoms with Gasteiger partial charge < -0.3 is 9.47 Å². The minimum Gasteiger partial charge on any atom is -0.497 e. The van der Waals surface area contributed by atoms with Crippen LogP contribution < -0.4 is 9.47 Å². The Labute approximate surface area is 91.2 Å². The van der Waals surface area contributed by atoms with Crippen LogP contribution in [0.5, 0.6) is 11.5 Å². The lowest BCUT2D eigenvalue weighted by Crippen LogP contribution is -1.95. The molecule has 1 aliphatic carbocycles. The van der Waals surface area contributed by atoms with Crippen LogP contribution >= 0.6 is 0 Å². The second-order valence-corrected chi connectivity index (χ2v) is 4.13. The molecule has 0 heterocycles. The first-order chi connectivity index (χ1) is 7.33. The van der Waals surface area contributed by atoms with Crippen LogP contribution in [0.2, 0.25) is 0 Å². The van der Waals surface area contributed by atoms with Crippen LogP contribution in [0.1, 0.15) is 37.2 Å². The molecule has 2 rings (SSSR count). The Balaban J connectivity index is 2.28. The molecule has 1 aromatic carbocycles. The third kappa shape index (κ3) is 2.25. The number of hydrogen-bond donors (Lipinski definition) is 0.